The number of amides is 1. The Balaban J connectivity index is 2.03. The molecule has 0 radical (unpaired) electrons. The third-order valence-electron chi connectivity index (χ3n) is 3.75. The maximum atomic E-state index is 12.4. The highest BCUT2D eigenvalue weighted by Gasteiger charge is 2.28. The lowest BCUT2D eigenvalue weighted by Gasteiger charge is -2.38. The van der Waals surface area contributed by atoms with Gasteiger partial charge in [-0.3, -0.25) is 4.79 Å². The third-order valence-corrected chi connectivity index (χ3v) is 4.00. The van der Waals surface area contributed by atoms with Gasteiger partial charge in [-0.25, -0.2) is 0 Å². The minimum absolute atomic E-state index is 0.0365. The van der Waals surface area contributed by atoms with E-state index in [1.54, 1.807) is 0 Å². The van der Waals surface area contributed by atoms with Crippen LogP contribution in [0.3, 0.4) is 0 Å². The van der Waals surface area contributed by atoms with E-state index in [0.29, 0.717) is 11.4 Å². The first-order chi connectivity index (χ1) is 9.08. The molecule has 0 aromatic heterocycles. The zero-order chi connectivity index (χ0) is 13.8. The Labute approximate surface area is 119 Å². The first-order valence-electron chi connectivity index (χ1n) is 6.87. The second-order valence-electron chi connectivity index (χ2n) is 5.31. The fourth-order valence-electron chi connectivity index (χ4n) is 2.69. The summed E-state index contributed by atoms with van der Waals surface area (Å²) >= 11 is 5.85. The number of benzene rings is 1. The van der Waals surface area contributed by atoms with Crippen molar-refractivity contribution in [2.24, 2.45) is 5.73 Å². The average Bonchev–Trinajstić information content (AvgIpc) is 2.41. The Kier molecular flexibility index (Phi) is 4.83. The van der Waals surface area contributed by atoms with E-state index in [0.717, 1.165) is 31.4 Å². The molecule has 1 aromatic carbocycles. The molecule has 0 saturated carbocycles. The number of hydrogen-bond donors (Lipinski definition) is 1. The third kappa shape index (κ3) is 3.71. The van der Waals surface area contributed by atoms with E-state index in [4.69, 9.17) is 17.3 Å². The predicted molar refractivity (Wildman–Crippen MR) is 78.2 cm³/mol. The minimum atomic E-state index is 0.0365. The van der Waals surface area contributed by atoms with Crippen molar-refractivity contribution >= 4 is 17.5 Å². The van der Waals surface area contributed by atoms with Gasteiger partial charge in [-0.2, -0.15) is 0 Å². The number of rotatable bonds is 3. The van der Waals surface area contributed by atoms with Gasteiger partial charge < -0.3 is 10.6 Å². The van der Waals surface area contributed by atoms with Crippen molar-refractivity contribution in [2.75, 3.05) is 6.54 Å². The summed E-state index contributed by atoms with van der Waals surface area (Å²) in [7, 11) is 0. The molecule has 2 N–H and O–H groups in total. The summed E-state index contributed by atoms with van der Waals surface area (Å²) in [5.74, 6) is 0.171. The average molecular weight is 281 g/mol. The van der Waals surface area contributed by atoms with Crippen LogP contribution in [0.25, 0.3) is 0 Å². The SMILES string of the molecule is CC(N)C1CCCCN1C(=O)Cc1ccc(Cl)cc1. The standard InChI is InChI=1S/C15H21ClN2O/c1-11(17)14-4-2-3-9-18(14)15(19)10-12-5-7-13(16)8-6-12/h5-8,11,14H,2-4,9-10,17H2,1H3. The molecule has 3 nitrogen and oxygen atoms in total. The zero-order valence-electron chi connectivity index (χ0n) is 11.3. The van der Waals surface area contributed by atoms with Crippen LogP contribution >= 0.6 is 11.6 Å². The van der Waals surface area contributed by atoms with Gasteiger partial charge in [-0.05, 0) is 43.9 Å². The molecule has 0 spiro atoms. The first kappa shape index (κ1) is 14.4. The summed E-state index contributed by atoms with van der Waals surface area (Å²) in [6, 6.07) is 7.69. The summed E-state index contributed by atoms with van der Waals surface area (Å²) in [6.07, 6.45) is 3.69. The Morgan fingerprint density at radius 3 is 2.74 bits per heavy atom. The molecular weight excluding hydrogens is 260 g/mol. The molecule has 1 fully saturated rings. The van der Waals surface area contributed by atoms with Gasteiger partial charge >= 0.3 is 0 Å². The van der Waals surface area contributed by atoms with E-state index < -0.39 is 0 Å². The smallest absolute Gasteiger partial charge is 0.227 e. The molecule has 2 atom stereocenters. The molecule has 0 aliphatic carbocycles. The maximum absolute atomic E-state index is 12.4. The van der Waals surface area contributed by atoms with Gasteiger partial charge in [0.25, 0.3) is 0 Å². The molecule has 4 heteroatoms. The lowest BCUT2D eigenvalue weighted by atomic mass is 9.96. The van der Waals surface area contributed by atoms with Crippen LogP contribution in [-0.2, 0) is 11.2 Å². The van der Waals surface area contributed by atoms with Gasteiger partial charge in [0.1, 0.15) is 0 Å². The number of hydrogen-bond acceptors (Lipinski definition) is 2. The predicted octanol–water partition coefficient (Wildman–Crippen LogP) is 2.61. The molecule has 1 aliphatic rings. The van der Waals surface area contributed by atoms with Gasteiger partial charge in [0, 0.05) is 23.7 Å². The Morgan fingerprint density at radius 1 is 1.42 bits per heavy atom. The number of nitrogens with zero attached hydrogens (tertiary/aromatic N) is 1. The minimum Gasteiger partial charge on any atom is -0.338 e. The van der Waals surface area contributed by atoms with Crippen LogP contribution in [0, 0.1) is 0 Å². The van der Waals surface area contributed by atoms with Gasteiger partial charge in [0.15, 0.2) is 0 Å². The molecule has 0 bridgehead atoms. The molecule has 1 amide bonds. The monoisotopic (exact) mass is 280 g/mol. The van der Waals surface area contributed by atoms with Crippen LogP contribution in [0.2, 0.25) is 5.02 Å². The molecule has 1 heterocycles. The largest absolute Gasteiger partial charge is 0.338 e. The number of piperidine rings is 1. The highest BCUT2D eigenvalue weighted by Crippen LogP contribution is 2.20. The van der Waals surface area contributed by atoms with E-state index >= 15 is 0 Å². The highest BCUT2D eigenvalue weighted by atomic mass is 35.5. The number of carbonyl (C=O) groups is 1. The van der Waals surface area contributed by atoms with Crippen molar-refractivity contribution in [2.45, 2.75) is 44.7 Å². The van der Waals surface area contributed by atoms with Crippen LogP contribution in [0.1, 0.15) is 31.7 Å². The van der Waals surface area contributed by atoms with Crippen LogP contribution in [0.5, 0.6) is 0 Å². The van der Waals surface area contributed by atoms with Gasteiger partial charge in [0.05, 0.1) is 6.42 Å². The lowest BCUT2D eigenvalue weighted by molar-refractivity contribution is -0.134. The maximum Gasteiger partial charge on any atom is 0.227 e. The van der Waals surface area contributed by atoms with Gasteiger partial charge in [0.2, 0.25) is 5.91 Å². The van der Waals surface area contributed by atoms with Crippen LogP contribution in [0.4, 0.5) is 0 Å². The normalized spacial score (nSPS) is 21.2. The number of carbonyl (C=O) groups excluding carboxylic acids is 1. The Morgan fingerprint density at radius 2 is 2.11 bits per heavy atom. The van der Waals surface area contributed by atoms with Crippen molar-refractivity contribution in [3.63, 3.8) is 0 Å². The van der Waals surface area contributed by atoms with E-state index in [2.05, 4.69) is 0 Å². The van der Waals surface area contributed by atoms with Crippen LogP contribution < -0.4 is 5.73 Å². The van der Waals surface area contributed by atoms with Crippen LogP contribution in [0.15, 0.2) is 24.3 Å². The van der Waals surface area contributed by atoms with Gasteiger partial charge in [-0.1, -0.05) is 23.7 Å². The summed E-state index contributed by atoms with van der Waals surface area (Å²) in [5.41, 5.74) is 7.00. The van der Waals surface area contributed by atoms with Crippen molar-refractivity contribution in [1.82, 2.24) is 4.90 Å². The topological polar surface area (TPSA) is 46.3 Å². The quantitative estimate of drug-likeness (QED) is 0.925. The fourth-order valence-corrected chi connectivity index (χ4v) is 2.82. The van der Waals surface area contributed by atoms with E-state index in [-0.39, 0.29) is 18.0 Å². The number of likely N-dealkylation sites (tertiary alicyclic amines) is 1. The second kappa shape index (κ2) is 6.40. The summed E-state index contributed by atoms with van der Waals surface area (Å²) in [4.78, 5) is 14.4. The molecule has 1 aliphatic heterocycles. The van der Waals surface area contributed by atoms with E-state index in [1.807, 2.05) is 36.1 Å². The highest BCUT2D eigenvalue weighted by molar-refractivity contribution is 6.30. The first-order valence-corrected chi connectivity index (χ1v) is 7.25. The summed E-state index contributed by atoms with van der Waals surface area (Å²) < 4.78 is 0. The lowest BCUT2D eigenvalue weighted by Crippen LogP contribution is -2.52. The summed E-state index contributed by atoms with van der Waals surface area (Å²) in [5, 5.41) is 0.697. The number of nitrogens with two attached hydrogens (primary N) is 1. The van der Waals surface area contributed by atoms with E-state index in [9.17, 15) is 4.79 Å². The van der Waals surface area contributed by atoms with Gasteiger partial charge in [-0.15, -0.1) is 0 Å². The molecule has 2 unspecified atom stereocenters. The van der Waals surface area contributed by atoms with Crippen molar-refractivity contribution in [3.05, 3.63) is 34.9 Å². The van der Waals surface area contributed by atoms with Crippen molar-refractivity contribution in [3.8, 4) is 0 Å². The fraction of sp³-hybridized carbons (Fsp3) is 0.533. The molecule has 1 saturated heterocycles. The molecule has 19 heavy (non-hydrogen) atoms. The summed E-state index contributed by atoms with van der Waals surface area (Å²) in [6.45, 7) is 2.82. The molecule has 104 valence electrons. The zero-order valence-corrected chi connectivity index (χ0v) is 12.1. The molecule has 2 rings (SSSR count). The van der Waals surface area contributed by atoms with Crippen LogP contribution in [-0.4, -0.2) is 29.4 Å². The Bertz CT molecular complexity index is 430. The second-order valence-corrected chi connectivity index (χ2v) is 5.75. The molecule has 1 aromatic rings. The molecular formula is C15H21ClN2O. The Hall–Kier alpha value is -1.06. The van der Waals surface area contributed by atoms with Crippen molar-refractivity contribution < 1.29 is 4.79 Å². The number of halogens is 1. The van der Waals surface area contributed by atoms with Crippen molar-refractivity contribution in [1.29, 1.82) is 0 Å². The van der Waals surface area contributed by atoms with E-state index in [1.165, 1.54) is 0 Å².